The van der Waals surface area contributed by atoms with Crippen molar-refractivity contribution < 1.29 is 14.3 Å². The molecule has 1 N–H and O–H groups in total. The molecule has 18 heavy (non-hydrogen) atoms. The third kappa shape index (κ3) is 2.14. The van der Waals surface area contributed by atoms with Crippen LogP contribution in [0.15, 0.2) is 27.4 Å². The van der Waals surface area contributed by atoms with Crippen LogP contribution in [0.2, 0.25) is 0 Å². The number of aliphatic hydroxyl groups excluding tert-OH is 1. The van der Waals surface area contributed by atoms with E-state index in [9.17, 15) is 9.59 Å². The Hall–Kier alpha value is -2.08. The molecular weight excluding hydrogens is 236 g/mol. The summed E-state index contributed by atoms with van der Waals surface area (Å²) in [6, 6.07) is 5.31. The number of aromatic nitrogens is 1. The van der Waals surface area contributed by atoms with Crippen molar-refractivity contribution in [2.75, 3.05) is 13.7 Å². The Bertz CT molecular complexity index is 641. The Morgan fingerprint density at radius 1 is 1.50 bits per heavy atom. The second-order valence-electron chi connectivity index (χ2n) is 4.14. The summed E-state index contributed by atoms with van der Waals surface area (Å²) in [5.74, 6) is -0.772. The monoisotopic (exact) mass is 250 g/mol. The normalized spacial score (nSPS) is 10.8. The zero-order valence-corrected chi connectivity index (χ0v) is 10.2. The molecule has 0 unspecified atom stereocenters. The van der Waals surface area contributed by atoms with Crippen molar-refractivity contribution in [1.82, 2.24) is 9.47 Å². The van der Waals surface area contributed by atoms with E-state index >= 15 is 0 Å². The van der Waals surface area contributed by atoms with Gasteiger partial charge in [-0.1, -0.05) is 6.07 Å². The van der Waals surface area contributed by atoms with E-state index in [2.05, 4.69) is 0 Å². The van der Waals surface area contributed by atoms with Gasteiger partial charge in [-0.2, -0.15) is 0 Å². The Morgan fingerprint density at radius 3 is 2.89 bits per heavy atom. The number of rotatable bonds is 3. The SMILES string of the molecule is CN(Cc1ccc2c(c1)oc(=O)n2C)C(=O)CO. The summed E-state index contributed by atoms with van der Waals surface area (Å²) in [7, 11) is 3.24. The minimum Gasteiger partial charge on any atom is -0.408 e. The summed E-state index contributed by atoms with van der Waals surface area (Å²) in [5.41, 5.74) is 2.03. The van der Waals surface area contributed by atoms with Gasteiger partial charge in [-0.15, -0.1) is 0 Å². The molecule has 1 aromatic heterocycles. The molecule has 0 saturated heterocycles. The Morgan fingerprint density at radius 2 is 2.22 bits per heavy atom. The number of carbonyl (C=O) groups is 1. The zero-order chi connectivity index (χ0) is 13.3. The summed E-state index contributed by atoms with van der Waals surface area (Å²) in [5, 5.41) is 8.74. The van der Waals surface area contributed by atoms with E-state index in [0.717, 1.165) is 5.56 Å². The summed E-state index contributed by atoms with van der Waals surface area (Å²) in [6.45, 7) is -0.160. The molecule has 0 spiro atoms. The van der Waals surface area contributed by atoms with Crippen molar-refractivity contribution in [3.8, 4) is 0 Å². The van der Waals surface area contributed by atoms with Crippen LogP contribution in [0.3, 0.4) is 0 Å². The maximum absolute atomic E-state index is 11.3. The largest absolute Gasteiger partial charge is 0.419 e. The molecule has 0 aliphatic heterocycles. The van der Waals surface area contributed by atoms with Crippen LogP contribution >= 0.6 is 0 Å². The number of carbonyl (C=O) groups excluding carboxylic acids is 1. The lowest BCUT2D eigenvalue weighted by atomic mass is 10.2. The fraction of sp³-hybridized carbons (Fsp3) is 0.333. The van der Waals surface area contributed by atoms with Gasteiger partial charge in [0.2, 0.25) is 5.91 Å². The minimum absolute atomic E-state index is 0.355. The molecule has 0 radical (unpaired) electrons. The predicted molar refractivity (Wildman–Crippen MR) is 65.0 cm³/mol. The predicted octanol–water partition coefficient (Wildman–Crippen LogP) is 0.0822. The Labute approximate surface area is 103 Å². The third-order valence-electron chi connectivity index (χ3n) is 2.84. The van der Waals surface area contributed by atoms with Crippen LogP contribution in [-0.2, 0) is 18.4 Å². The van der Waals surface area contributed by atoms with Crippen LogP contribution < -0.4 is 5.76 Å². The number of amides is 1. The van der Waals surface area contributed by atoms with E-state index in [1.54, 1.807) is 26.2 Å². The number of benzene rings is 1. The zero-order valence-electron chi connectivity index (χ0n) is 10.2. The van der Waals surface area contributed by atoms with Crippen LogP contribution in [0.4, 0.5) is 0 Å². The number of nitrogens with zero attached hydrogens (tertiary/aromatic N) is 2. The lowest BCUT2D eigenvalue weighted by Crippen LogP contribution is -2.28. The molecule has 6 heteroatoms. The van der Waals surface area contributed by atoms with Gasteiger partial charge in [0.15, 0.2) is 5.58 Å². The topological polar surface area (TPSA) is 75.7 Å². The molecule has 0 fully saturated rings. The molecule has 6 nitrogen and oxygen atoms in total. The van der Waals surface area contributed by atoms with Crippen LogP contribution in [0, 0.1) is 0 Å². The first-order valence-electron chi connectivity index (χ1n) is 5.46. The molecule has 2 rings (SSSR count). The maximum atomic E-state index is 11.3. The van der Waals surface area contributed by atoms with Gasteiger partial charge in [0.25, 0.3) is 0 Å². The molecule has 96 valence electrons. The highest BCUT2D eigenvalue weighted by molar-refractivity contribution is 5.77. The van der Waals surface area contributed by atoms with Gasteiger partial charge in [-0.3, -0.25) is 9.36 Å². The van der Waals surface area contributed by atoms with Crippen LogP contribution in [-0.4, -0.2) is 34.1 Å². The number of aryl methyl sites for hydroxylation is 1. The van der Waals surface area contributed by atoms with Crippen molar-refractivity contribution in [1.29, 1.82) is 0 Å². The first kappa shape index (κ1) is 12.4. The van der Waals surface area contributed by atoms with E-state index < -0.39 is 12.4 Å². The van der Waals surface area contributed by atoms with Crippen molar-refractivity contribution in [2.45, 2.75) is 6.54 Å². The van der Waals surface area contributed by atoms with E-state index in [4.69, 9.17) is 9.52 Å². The summed E-state index contributed by atoms with van der Waals surface area (Å²) < 4.78 is 6.48. The Balaban J connectivity index is 2.31. The molecule has 0 saturated carbocycles. The lowest BCUT2D eigenvalue weighted by molar-refractivity contribution is -0.133. The average Bonchev–Trinajstić information content (AvgIpc) is 2.63. The van der Waals surface area contributed by atoms with Gasteiger partial charge in [0.1, 0.15) is 6.61 Å². The molecule has 1 amide bonds. The van der Waals surface area contributed by atoms with Crippen molar-refractivity contribution in [3.63, 3.8) is 0 Å². The van der Waals surface area contributed by atoms with Gasteiger partial charge in [0.05, 0.1) is 5.52 Å². The first-order chi connectivity index (χ1) is 8.52. The highest BCUT2D eigenvalue weighted by Gasteiger charge is 2.10. The van der Waals surface area contributed by atoms with E-state index in [1.807, 2.05) is 6.07 Å². The van der Waals surface area contributed by atoms with Gasteiger partial charge in [-0.05, 0) is 17.7 Å². The van der Waals surface area contributed by atoms with Crippen LogP contribution in [0.25, 0.3) is 11.1 Å². The molecule has 0 atom stereocenters. The molecule has 2 aromatic rings. The highest BCUT2D eigenvalue weighted by Crippen LogP contribution is 2.15. The van der Waals surface area contributed by atoms with Crippen LogP contribution in [0.1, 0.15) is 5.56 Å². The lowest BCUT2D eigenvalue weighted by Gasteiger charge is -2.15. The number of oxazole rings is 1. The van der Waals surface area contributed by atoms with Gasteiger partial charge >= 0.3 is 5.76 Å². The molecule has 0 bridgehead atoms. The second kappa shape index (κ2) is 4.66. The van der Waals surface area contributed by atoms with E-state index in [0.29, 0.717) is 17.6 Å². The quantitative estimate of drug-likeness (QED) is 0.837. The van der Waals surface area contributed by atoms with Gasteiger partial charge < -0.3 is 14.4 Å². The van der Waals surface area contributed by atoms with Gasteiger partial charge in [0, 0.05) is 20.6 Å². The van der Waals surface area contributed by atoms with E-state index in [-0.39, 0.29) is 5.91 Å². The molecule has 0 aliphatic carbocycles. The fourth-order valence-electron chi connectivity index (χ4n) is 1.76. The molecule has 1 aromatic carbocycles. The summed E-state index contributed by atoms with van der Waals surface area (Å²) in [6.07, 6.45) is 0. The fourth-order valence-corrected chi connectivity index (χ4v) is 1.76. The van der Waals surface area contributed by atoms with Crippen molar-refractivity contribution >= 4 is 17.0 Å². The minimum atomic E-state index is -0.515. The molecular formula is C12H14N2O4. The van der Waals surface area contributed by atoms with Gasteiger partial charge in [-0.25, -0.2) is 4.79 Å². The molecule has 0 aliphatic rings. The smallest absolute Gasteiger partial charge is 0.408 e. The van der Waals surface area contributed by atoms with E-state index in [1.165, 1.54) is 9.47 Å². The second-order valence-corrected chi connectivity index (χ2v) is 4.14. The third-order valence-corrected chi connectivity index (χ3v) is 2.84. The number of fused-ring (bicyclic) bond motifs is 1. The Kier molecular flexibility index (Phi) is 3.20. The first-order valence-corrected chi connectivity index (χ1v) is 5.46. The number of hydrogen-bond donors (Lipinski definition) is 1. The standard InChI is InChI=1S/C12H14N2O4/c1-13(11(16)7-15)6-8-3-4-9-10(5-8)18-12(17)14(9)2/h3-5,15H,6-7H2,1-2H3. The summed E-state index contributed by atoms with van der Waals surface area (Å²) in [4.78, 5) is 24.0. The summed E-state index contributed by atoms with van der Waals surface area (Å²) >= 11 is 0. The van der Waals surface area contributed by atoms with Crippen LogP contribution in [0.5, 0.6) is 0 Å². The highest BCUT2D eigenvalue weighted by atomic mass is 16.4. The average molecular weight is 250 g/mol. The van der Waals surface area contributed by atoms with Crippen molar-refractivity contribution in [3.05, 3.63) is 34.3 Å². The number of aliphatic hydroxyl groups is 1. The maximum Gasteiger partial charge on any atom is 0.419 e. The molecule has 1 heterocycles. The van der Waals surface area contributed by atoms with Crippen molar-refractivity contribution in [2.24, 2.45) is 7.05 Å². The number of likely N-dealkylation sites (N-methyl/N-ethyl adjacent to an activating group) is 1. The number of hydrogen-bond acceptors (Lipinski definition) is 4.